The van der Waals surface area contributed by atoms with E-state index in [2.05, 4.69) is 0 Å². The van der Waals surface area contributed by atoms with Gasteiger partial charge in [-0.15, -0.1) is 12.4 Å². The zero-order valence-electron chi connectivity index (χ0n) is 7.44. The number of hydrogen-bond acceptors (Lipinski definition) is 4. The van der Waals surface area contributed by atoms with Gasteiger partial charge in [0.2, 0.25) is 0 Å². The predicted molar refractivity (Wildman–Crippen MR) is 52.4 cm³/mol. The molecule has 0 saturated heterocycles. The van der Waals surface area contributed by atoms with Crippen LogP contribution in [0.2, 0.25) is 0 Å². The van der Waals surface area contributed by atoms with Crippen LogP contribution in [-0.4, -0.2) is 59.0 Å². The second-order valence-corrected chi connectivity index (χ2v) is 2.35. The Morgan fingerprint density at radius 3 is 1.77 bits per heavy atom. The first-order chi connectivity index (χ1) is 5.76. The third-order valence-electron chi connectivity index (χ3n) is 1.47. The van der Waals surface area contributed by atoms with Crippen molar-refractivity contribution in [1.82, 2.24) is 4.90 Å². The number of nitrogens with zero attached hydrogens (tertiary/aromatic N) is 1. The van der Waals surface area contributed by atoms with Gasteiger partial charge in [0, 0.05) is 19.5 Å². The lowest BCUT2D eigenvalue weighted by Gasteiger charge is -2.22. The fourth-order valence-electron chi connectivity index (χ4n) is 0.887. The van der Waals surface area contributed by atoms with Gasteiger partial charge >= 0.3 is 0 Å². The van der Waals surface area contributed by atoms with Gasteiger partial charge in [-0.25, -0.2) is 0 Å². The maximum absolute atomic E-state index is 8.60. The number of halogens is 1. The molecule has 0 spiro atoms. The molecule has 0 unspecified atom stereocenters. The van der Waals surface area contributed by atoms with E-state index in [4.69, 9.17) is 20.7 Å². The SMILES string of the molecule is Cl.N=C(CCO)N(CCO)CCO. The molecule has 0 rings (SSSR count). The normalized spacial score (nSPS) is 9.15. The van der Waals surface area contributed by atoms with E-state index in [1.165, 1.54) is 4.90 Å². The van der Waals surface area contributed by atoms with Gasteiger partial charge in [-0.05, 0) is 0 Å². The zero-order valence-corrected chi connectivity index (χ0v) is 8.26. The van der Waals surface area contributed by atoms with Crippen molar-refractivity contribution < 1.29 is 15.3 Å². The summed E-state index contributed by atoms with van der Waals surface area (Å²) in [6.45, 7) is 0.493. The van der Waals surface area contributed by atoms with Crippen LogP contribution >= 0.6 is 12.4 Å². The van der Waals surface area contributed by atoms with Gasteiger partial charge in [-0.3, -0.25) is 5.41 Å². The Bertz CT molecular complexity index is 129. The van der Waals surface area contributed by atoms with Crippen molar-refractivity contribution in [2.24, 2.45) is 0 Å². The zero-order chi connectivity index (χ0) is 9.40. The Balaban J connectivity index is 0. The van der Waals surface area contributed by atoms with Crippen LogP contribution in [0, 0.1) is 5.41 Å². The topological polar surface area (TPSA) is 87.8 Å². The lowest BCUT2D eigenvalue weighted by Crippen LogP contribution is -2.35. The first kappa shape index (κ1) is 15.1. The lowest BCUT2D eigenvalue weighted by molar-refractivity contribution is 0.207. The van der Waals surface area contributed by atoms with E-state index in [1.54, 1.807) is 0 Å². The van der Waals surface area contributed by atoms with Crippen LogP contribution in [0.1, 0.15) is 6.42 Å². The summed E-state index contributed by atoms with van der Waals surface area (Å²) in [5.41, 5.74) is 0. The molecule has 80 valence electrons. The number of nitrogens with one attached hydrogen (secondary N) is 1. The maximum atomic E-state index is 8.60. The smallest absolute Gasteiger partial charge is 0.0982 e. The summed E-state index contributed by atoms with van der Waals surface area (Å²) in [4.78, 5) is 1.54. The van der Waals surface area contributed by atoms with Crippen LogP contribution in [0.5, 0.6) is 0 Å². The molecule has 0 heterocycles. The van der Waals surface area contributed by atoms with E-state index >= 15 is 0 Å². The van der Waals surface area contributed by atoms with E-state index < -0.39 is 0 Å². The molecule has 0 aliphatic carbocycles. The first-order valence-electron chi connectivity index (χ1n) is 3.91. The molecular formula is C7H17ClN2O3. The van der Waals surface area contributed by atoms with E-state index in [1.807, 2.05) is 0 Å². The molecule has 0 aromatic heterocycles. The van der Waals surface area contributed by atoms with Crippen LogP contribution < -0.4 is 0 Å². The molecule has 0 aliphatic heterocycles. The maximum Gasteiger partial charge on any atom is 0.0982 e. The van der Waals surface area contributed by atoms with Crippen molar-refractivity contribution in [2.75, 3.05) is 32.9 Å². The minimum absolute atomic E-state index is 0. The molecule has 0 aromatic rings. The molecule has 0 amide bonds. The fourth-order valence-corrected chi connectivity index (χ4v) is 0.887. The van der Waals surface area contributed by atoms with Crippen molar-refractivity contribution in [2.45, 2.75) is 6.42 Å². The summed E-state index contributed by atoms with van der Waals surface area (Å²) < 4.78 is 0. The van der Waals surface area contributed by atoms with Crippen LogP contribution in [0.4, 0.5) is 0 Å². The van der Waals surface area contributed by atoms with Gasteiger partial charge in [-0.2, -0.15) is 0 Å². The van der Waals surface area contributed by atoms with Gasteiger partial charge < -0.3 is 20.2 Å². The minimum atomic E-state index is -0.0772. The Hall–Kier alpha value is -0.360. The summed E-state index contributed by atoms with van der Waals surface area (Å²) in [6.07, 6.45) is 0.264. The average Bonchev–Trinajstić information content (AvgIpc) is 2.04. The van der Waals surface area contributed by atoms with E-state index in [0.717, 1.165) is 0 Å². The van der Waals surface area contributed by atoms with Crippen LogP contribution in [0.15, 0.2) is 0 Å². The highest BCUT2D eigenvalue weighted by Gasteiger charge is 2.06. The molecule has 6 heteroatoms. The molecule has 0 atom stereocenters. The average molecular weight is 213 g/mol. The highest BCUT2D eigenvalue weighted by molar-refractivity contribution is 5.85. The molecule has 5 nitrogen and oxygen atoms in total. The number of hydrogen-bond donors (Lipinski definition) is 4. The lowest BCUT2D eigenvalue weighted by atomic mass is 10.3. The summed E-state index contributed by atoms with van der Waals surface area (Å²) in [5, 5.41) is 33.1. The van der Waals surface area contributed by atoms with Crippen molar-refractivity contribution in [3.05, 3.63) is 0 Å². The van der Waals surface area contributed by atoms with Gasteiger partial charge in [0.05, 0.1) is 25.7 Å². The minimum Gasteiger partial charge on any atom is -0.396 e. The van der Waals surface area contributed by atoms with E-state index in [9.17, 15) is 0 Å². The Kier molecular flexibility index (Phi) is 11.3. The van der Waals surface area contributed by atoms with Gasteiger partial charge in [0.1, 0.15) is 0 Å². The fraction of sp³-hybridized carbons (Fsp3) is 0.857. The third-order valence-corrected chi connectivity index (χ3v) is 1.47. The Morgan fingerprint density at radius 2 is 1.46 bits per heavy atom. The van der Waals surface area contributed by atoms with Crippen molar-refractivity contribution in [1.29, 1.82) is 5.41 Å². The second-order valence-electron chi connectivity index (χ2n) is 2.35. The van der Waals surface area contributed by atoms with Gasteiger partial charge in [0.25, 0.3) is 0 Å². The largest absolute Gasteiger partial charge is 0.396 e. The number of rotatable bonds is 6. The van der Waals surface area contributed by atoms with Gasteiger partial charge in [-0.1, -0.05) is 0 Å². The highest BCUT2D eigenvalue weighted by atomic mass is 35.5. The van der Waals surface area contributed by atoms with Gasteiger partial charge in [0.15, 0.2) is 0 Å². The first-order valence-corrected chi connectivity index (χ1v) is 3.91. The van der Waals surface area contributed by atoms with E-state index in [0.29, 0.717) is 13.1 Å². The molecular weight excluding hydrogens is 196 g/mol. The molecule has 4 N–H and O–H groups in total. The van der Waals surface area contributed by atoms with Crippen molar-refractivity contribution in [3.63, 3.8) is 0 Å². The van der Waals surface area contributed by atoms with Crippen LogP contribution in [-0.2, 0) is 0 Å². The molecule has 0 saturated carbocycles. The van der Waals surface area contributed by atoms with E-state index in [-0.39, 0.29) is 44.5 Å². The monoisotopic (exact) mass is 212 g/mol. The standard InChI is InChI=1S/C7H16N2O3.ClH/c8-7(1-4-10)9(2-5-11)3-6-12;/h8,10-12H,1-6H2;1H. The highest BCUT2D eigenvalue weighted by Crippen LogP contribution is 1.93. The Labute approximate surface area is 83.9 Å². The molecule has 0 fully saturated rings. The van der Waals surface area contributed by atoms with Crippen LogP contribution in [0.3, 0.4) is 0 Å². The second kappa shape index (κ2) is 9.73. The van der Waals surface area contributed by atoms with Crippen molar-refractivity contribution >= 4 is 18.2 Å². The molecule has 0 radical (unpaired) electrons. The quantitative estimate of drug-likeness (QED) is 0.338. The molecule has 0 aliphatic rings. The molecule has 0 aromatic carbocycles. The van der Waals surface area contributed by atoms with Crippen LogP contribution in [0.25, 0.3) is 0 Å². The Morgan fingerprint density at radius 1 is 1.00 bits per heavy atom. The molecule has 13 heavy (non-hydrogen) atoms. The summed E-state index contributed by atoms with van der Waals surface area (Å²) in [5.74, 6) is 0.251. The third kappa shape index (κ3) is 6.77. The predicted octanol–water partition coefficient (Wildman–Crippen LogP) is -0.946. The number of aliphatic hydroxyl groups is 3. The number of aliphatic hydroxyl groups excluding tert-OH is 3. The number of amidine groups is 1. The summed E-state index contributed by atoms with van der Waals surface area (Å²) in [6, 6.07) is 0. The van der Waals surface area contributed by atoms with Crippen molar-refractivity contribution in [3.8, 4) is 0 Å². The summed E-state index contributed by atoms with van der Waals surface area (Å²) >= 11 is 0. The molecule has 0 bridgehead atoms. The summed E-state index contributed by atoms with van der Waals surface area (Å²) in [7, 11) is 0.